The van der Waals surface area contributed by atoms with Gasteiger partial charge in [-0.15, -0.1) is 10.2 Å². The van der Waals surface area contributed by atoms with Gasteiger partial charge < -0.3 is 0 Å². The molecule has 18 heavy (non-hydrogen) atoms. The molecule has 2 N–H and O–H groups in total. The average molecular weight is 247 g/mol. The van der Waals surface area contributed by atoms with E-state index in [0.717, 1.165) is 0 Å². The number of aryl methyl sites for hydroxylation is 1. The van der Waals surface area contributed by atoms with Crippen molar-refractivity contribution in [2.24, 2.45) is 5.10 Å². The number of aromatic amines is 1. The van der Waals surface area contributed by atoms with Gasteiger partial charge in [-0.1, -0.05) is 12.1 Å². The first kappa shape index (κ1) is 11.9. The van der Waals surface area contributed by atoms with Crippen LogP contribution in [0.15, 0.2) is 34.2 Å². The Morgan fingerprint density at radius 1 is 1.33 bits per heavy atom. The standard InChI is InChI=1S/C11H10FN5O/c1-7-10(18)14-11(17-15-7)16-13-6-8-2-4-9(12)5-3-8/h2-6H,1H3,(H2,14,16,17,18)/b13-6-. The Bertz CT molecular complexity index is 620. The first-order chi connectivity index (χ1) is 8.65. The maximum absolute atomic E-state index is 12.6. The molecule has 0 aliphatic rings. The summed E-state index contributed by atoms with van der Waals surface area (Å²) in [4.78, 5) is 13.7. The lowest BCUT2D eigenvalue weighted by Gasteiger charge is -1.97. The van der Waals surface area contributed by atoms with Gasteiger partial charge in [-0.2, -0.15) is 5.10 Å². The van der Waals surface area contributed by atoms with E-state index in [9.17, 15) is 9.18 Å². The molecular formula is C11H10FN5O. The molecule has 0 unspecified atom stereocenters. The van der Waals surface area contributed by atoms with Crippen LogP contribution in [0.3, 0.4) is 0 Å². The lowest BCUT2D eigenvalue weighted by atomic mass is 10.2. The van der Waals surface area contributed by atoms with E-state index in [2.05, 4.69) is 25.7 Å². The monoisotopic (exact) mass is 247 g/mol. The van der Waals surface area contributed by atoms with Crippen molar-refractivity contribution in [1.82, 2.24) is 15.2 Å². The Labute approximate surface area is 102 Å². The fourth-order valence-electron chi connectivity index (χ4n) is 1.16. The molecule has 7 heteroatoms. The minimum atomic E-state index is -0.329. The summed E-state index contributed by atoms with van der Waals surface area (Å²) in [5, 5.41) is 11.2. The van der Waals surface area contributed by atoms with Crippen LogP contribution >= 0.6 is 0 Å². The highest BCUT2D eigenvalue weighted by Gasteiger charge is 1.97. The largest absolute Gasteiger partial charge is 0.288 e. The third-order valence-electron chi connectivity index (χ3n) is 2.11. The molecule has 0 spiro atoms. The number of nitrogens with zero attached hydrogens (tertiary/aromatic N) is 3. The lowest BCUT2D eigenvalue weighted by Crippen LogP contribution is -2.15. The number of hydrazone groups is 1. The van der Waals surface area contributed by atoms with E-state index in [1.54, 1.807) is 19.1 Å². The number of hydrogen-bond acceptors (Lipinski definition) is 5. The van der Waals surface area contributed by atoms with Crippen molar-refractivity contribution in [2.45, 2.75) is 6.92 Å². The van der Waals surface area contributed by atoms with E-state index >= 15 is 0 Å². The first-order valence-corrected chi connectivity index (χ1v) is 5.13. The van der Waals surface area contributed by atoms with Crippen molar-refractivity contribution >= 4 is 12.2 Å². The predicted octanol–water partition coefficient (Wildman–Crippen LogP) is 1.06. The Morgan fingerprint density at radius 3 is 2.72 bits per heavy atom. The Hall–Kier alpha value is -2.57. The number of hydrogen-bond donors (Lipinski definition) is 2. The molecule has 2 aromatic rings. The SMILES string of the molecule is Cc1nnc(N/N=C\c2ccc(F)cc2)[nH]c1=O. The number of nitrogens with one attached hydrogen (secondary N) is 2. The molecule has 0 fully saturated rings. The van der Waals surface area contributed by atoms with Crippen LogP contribution in [-0.2, 0) is 0 Å². The Balaban J connectivity index is 2.04. The van der Waals surface area contributed by atoms with Gasteiger partial charge in [0.1, 0.15) is 11.5 Å². The van der Waals surface area contributed by atoms with Crippen molar-refractivity contribution in [1.29, 1.82) is 0 Å². The molecule has 0 atom stereocenters. The molecule has 0 bridgehead atoms. The van der Waals surface area contributed by atoms with Crippen molar-refractivity contribution in [2.75, 3.05) is 5.43 Å². The zero-order valence-corrected chi connectivity index (χ0v) is 9.51. The molecule has 0 radical (unpaired) electrons. The number of benzene rings is 1. The van der Waals surface area contributed by atoms with Crippen molar-refractivity contribution < 1.29 is 4.39 Å². The summed E-state index contributed by atoms with van der Waals surface area (Å²) in [6.07, 6.45) is 1.47. The van der Waals surface area contributed by atoms with Gasteiger partial charge in [0.2, 0.25) is 5.95 Å². The first-order valence-electron chi connectivity index (χ1n) is 5.13. The Morgan fingerprint density at radius 2 is 2.06 bits per heavy atom. The van der Waals surface area contributed by atoms with E-state index in [1.807, 2.05) is 0 Å². The van der Waals surface area contributed by atoms with Gasteiger partial charge in [0.05, 0.1) is 6.21 Å². The normalized spacial score (nSPS) is 10.8. The maximum atomic E-state index is 12.6. The van der Waals surface area contributed by atoms with E-state index < -0.39 is 0 Å². The lowest BCUT2D eigenvalue weighted by molar-refractivity contribution is 0.628. The second-order valence-corrected chi connectivity index (χ2v) is 3.51. The molecule has 0 aliphatic heterocycles. The molecule has 0 amide bonds. The summed E-state index contributed by atoms with van der Waals surface area (Å²) < 4.78 is 12.6. The van der Waals surface area contributed by atoms with Crippen molar-refractivity contribution in [3.8, 4) is 0 Å². The summed E-state index contributed by atoms with van der Waals surface area (Å²) in [6, 6.07) is 5.80. The molecule has 92 valence electrons. The highest BCUT2D eigenvalue weighted by molar-refractivity contribution is 5.79. The van der Waals surface area contributed by atoms with Gasteiger partial charge in [0, 0.05) is 0 Å². The zero-order chi connectivity index (χ0) is 13.0. The molecule has 0 saturated heterocycles. The quantitative estimate of drug-likeness (QED) is 0.627. The van der Waals surface area contributed by atoms with Crippen LogP contribution in [0.5, 0.6) is 0 Å². The minimum Gasteiger partial charge on any atom is -0.288 e. The smallest absolute Gasteiger partial charge is 0.274 e. The van der Waals surface area contributed by atoms with Gasteiger partial charge in [-0.3, -0.25) is 9.78 Å². The van der Waals surface area contributed by atoms with Gasteiger partial charge >= 0.3 is 0 Å². The van der Waals surface area contributed by atoms with E-state index in [4.69, 9.17) is 0 Å². The minimum absolute atomic E-state index is 0.143. The van der Waals surface area contributed by atoms with Gasteiger partial charge in [0.25, 0.3) is 5.56 Å². The summed E-state index contributed by atoms with van der Waals surface area (Å²) in [6.45, 7) is 1.55. The van der Waals surface area contributed by atoms with Gasteiger partial charge in [0.15, 0.2) is 0 Å². The summed E-state index contributed by atoms with van der Waals surface area (Å²) >= 11 is 0. The van der Waals surface area contributed by atoms with Crippen LogP contribution in [0.4, 0.5) is 10.3 Å². The van der Waals surface area contributed by atoms with E-state index in [-0.39, 0.29) is 23.0 Å². The van der Waals surface area contributed by atoms with E-state index in [0.29, 0.717) is 5.56 Å². The van der Waals surface area contributed by atoms with Crippen molar-refractivity contribution in [3.63, 3.8) is 0 Å². The second kappa shape index (κ2) is 5.17. The fourth-order valence-corrected chi connectivity index (χ4v) is 1.16. The highest BCUT2D eigenvalue weighted by atomic mass is 19.1. The average Bonchev–Trinajstić information content (AvgIpc) is 2.36. The third kappa shape index (κ3) is 2.97. The number of rotatable bonds is 3. The molecular weight excluding hydrogens is 237 g/mol. The van der Waals surface area contributed by atoms with Crippen LogP contribution in [-0.4, -0.2) is 21.4 Å². The Kier molecular flexibility index (Phi) is 3.42. The van der Waals surface area contributed by atoms with Crippen LogP contribution in [0.1, 0.15) is 11.3 Å². The molecule has 0 saturated carbocycles. The molecule has 1 aromatic heterocycles. The number of H-pyrrole nitrogens is 1. The summed E-state index contributed by atoms with van der Waals surface area (Å²) in [5.41, 5.74) is 3.19. The molecule has 0 aliphatic carbocycles. The van der Waals surface area contributed by atoms with Crippen LogP contribution < -0.4 is 11.0 Å². The van der Waals surface area contributed by atoms with Crippen molar-refractivity contribution in [3.05, 3.63) is 51.7 Å². The maximum Gasteiger partial charge on any atom is 0.274 e. The summed E-state index contributed by atoms with van der Waals surface area (Å²) in [7, 11) is 0. The predicted molar refractivity (Wildman–Crippen MR) is 65.0 cm³/mol. The van der Waals surface area contributed by atoms with Gasteiger partial charge in [-0.05, 0) is 24.6 Å². The third-order valence-corrected chi connectivity index (χ3v) is 2.11. The van der Waals surface area contributed by atoms with E-state index in [1.165, 1.54) is 18.3 Å². The molecule has 6 nitrogen and oxygen atoms in total. The topological polar surface area (TPSA) is 83.0 Å². The zero-order valence-electron chi connectivity index (χ0n) is 9.51. The molecule has 2 rings (SSSR count). The highest BCUT2D eigenvalue weighted by Crippen LogP contribution is 2.00. The number of aromatic nitrogens is 3. The number of anilines is 1. The molecule has 1 heterocycles. The second-order valence-electron chi connectivity index (χ2n) is 3.51. The van der Waals surface area contributed by atoms with Crippen LogP contribution in [0.25, 0.3) is 0 Å². The van der Waals surface area contributed by atoms with Crippen LogP contribution in [0, 0.1) is 12.7 Å². The fraction of sp³-hybridized carbons (Fsp3) is 0.0909. The van der Waals surface area contributed by atoms with Crippen LogP contribution in [0.2, 0.25) is 0 Å². The summed E-state index contributed by atoms with van der Waals surface area (Å²) in [5.74, 6) is -0.169. The van der Waals surface area contributed by atoms with Gasteiger partial charge in [-0.25, -0.2) is 9.82 Å². The number of halogens is 1. The molecule has 1 aromatic carbocycles.